The first kappa shape index (κ1) is 42.2. The van der Waals surface area contributed by atoms with E-state index >= 15 is 0 Å². The van der Waals surface area contributed by atoms with Gasteiger partial charge in [-0.1, -0.05) is 29.8 Å². The monoisotopic (exact) mass is 808 g/mol. The van der Waals surface area contributed by atoms with Crippen LogP contribution in [0.5, 0.6) is 0 Å². The number of benzene rings is 2. The molecule has 6 rings (SSSR count). The molecule has 312 valence electrons. The Morgan fingerprint density at radius 2 is 1.50 bits per heavy atom. The third kappa shape index (κ3) is 9.63. The first-order valence-corrected chi connectivity index (χ1v) is 19.8. The molecule has 17 heteroatoms. The van der Waals surface area contributed by atoms with Crippen molar-refractivity contribution in [2.75, 3.05) is 19.6 Å². The van der Waals surface area contributed by atoms with Gasteiger partial charge in [-0.3, -0.25) is 28.8 Å². The number of fused-ring (bicyclic) bond motifs is 3. The number of hydrogen-bond acceptors (Lipinski definition) is 9. The van der Waals surface area contributed by atoms with Crippen molar-refractivity contribution in [2.24, 2.45) is 0 Å². The molecule has 0 unspecified atom stereocenters. The van der Waals surface area contributed by atoms with Crippen molar-refractivity contribution in [3.8, 4) is 0 Å². The minimum absolute atomic E-state index is 0.0289. The molecule has 0 spiro atoms. The minimum atomic E-state index is -1.66. The molecule has 0 bridgehead atoms. The molecular formula is C41H50F2N6O9. The fraction of sp³-hybridized carbons (Fsp3) is 0.537. The molecular weight excluding hydrogens is 758 g/mol. The molecule has 58 heavy (non-hydrogen) atoms. The number of aryl methyl sites for hydroxylation is 1. The van der Waals surface area contributed by atoms with Gasteiger partial charge >= 0.3 is 5.97 Å². The highest BCUT2D eigenvalue weighted by atomic mass is 19.1. The molecule has 0 aromatic heterocycles. The van der Waals surface area contributed by atoms with E-state index in [1.165, 1.54) is 23.6 Å². The van der Waals surface area contributed by atoms with Gasteiger partial charge in [-0.15, -0.1) is 0 Å². The number of ether oxygens (including phenoxy) is 1. The van der Waals surface area contributed by atoms with E-state index in [0.717, 1.165) is 22.6 Å². The number of nitrogens with zero attached hydrogens (tertiary/aromatic N) is 3. The summed E-state index contributed by atoms with van der Waals surface area (Å²) < 4.78 is 34.4. The van der Waals surface area contributed by atoms with Gasteiger partial charge in [0.05, 0.1) is 12.5 Å². The smallest absolute Gasteiger partial charge is 0.329 e. The number of carbonyl (C=O) groups excluding carboxylic acids is 7. The van der Waals surface area contributed by atoms with Crippen molar-refractivity contribution in [3.63, 3.8) is 0 Å². The maximum atomic E-state index is 14.7. The highest BCUT2D eigenvalue weighted by Crippen LogP contribution is 2.28. The molecule has 4 aliphatic rings. The van der Waals surface area contributed by atoms with Crippen LogP contribution in [0.2, 0.25) is 0 Å². The van der Waals surface area contributed by atoms with E-state index in [9.17, 15) is 47.4 Å². The summed E-state index contributed by atoms with van der Waals surface area (Å²) in [5, 5.41) is 18.5. The lowest BCUT2D eigenvalue weighted by molar-refractivity contribution is -0.163. The Morgan fingerprint density at radius 1 is 0.845 bits per heavy atom. The molecule has 0 aliphatic carbocycles. The van der Waals surface area contributed by atoms with Gasteiger partial charge in [0, 0.05) is 38.5 Å². The Morgan fingerprint density at radius 3 is 2.21 bits per heavy atom. The van der Waals surface area contributed by atoms with Crippen LogP contribution in [0, 0.1) is 18.6 Å². The van der Waals surface area contributed by atoms with Gasteiger partial charge in [-0.25, -0.2) is 13.6 Å². The van der Waals surface area contributed by atoms with Crippen LogP contribution in [0.3, 0.4) is 0 Å². The predicted molar refractivity (Wildman–Crippen MR) is 202 cm³/mol. The number of nitrogens with one attached hydrogen (secondary N) is 3. The van der Waals surface area contributed by atoms with E-state index < -0.39 is 108 Å². The first-order valence-electron chi connectivity index (χ1n) is 19.8. The summed E-state index contributed by atoms with van der Waals surface area (Å²) >= 11 is 0. The number of rotatable bonds is 7. The third-order valence-electron chi connectivity index (χ3n) is 11.3. The maximum absolute atomic E-state index is 14.7. The second kappa shape index (κ2) is 18.0. The van der Waals surface area contributed by atoms with Gasteiger partial charge < -0.3 is 40.5 Å². The second-order valence-corrected chi connectivity index (χ2v) is 15.8. The van der Waals surface area contributed by atoms with E-state index in [0.29, 0.717) is 37.3 Å². The number of aliphatic hydroxyl groups excluding tert-OH is 1. The number of amides is 6. The number of halogens is 2. The molecule has 4 N–H and O–H groups in total. The molecule has 2 aromatic rings. The van der Waals surface area contributed by atoms with Gasteiger partial charge in [-0.2, -0.15) is 0 Å². The topological polar surface area (TPSA) is 195 Å². The summed E-state index contributed by atoms with van der Waals surface area (Å²) in [6.07, 6.45) is -1.05. The quantitative estimate of drug-likeness (QED) is 0.293. The second-order valence-electron chi connectivity index (χ2n) is 15.8. The van der Waals surface area contributed by atoms with Crippen LogP contribution in [0.4, 0.5) is 8.78 Å². The number of hydrogen-bond donors (Lipinski definition) is 4. The predicted octanol–water partition coefficient (Wildman–Crippen LogP) is 0.812. The van der Waals surface area contributed by atoms with Gasteiger partial charge in [-0.05, 0) is 76.1 Å². The minimum Gasteiger partial charge on any atom is -0.458 e. The Labute approximate surface area is 334 Å². The lowest BCUT2D eigenvalue weighted by Crippen LogP contribution is -2.63. The van der Waals surface area contributed by atoms with Crippen molar-refractivity contribution < 1.29 is 52.2 Å². The lowest BCUT2D eigenvalue weighted by Gasteiger charge is -2.39. The Kier molecular flexibility index (Phi) is 13.1. The standard InChI is InChI=1S/C41H50F2N6O9/c1-22-9-11-25(12-10-22)18-34(51)45-30(17-26-15-27(42)19-28(43)16-26)36(52)46-35-24(3)58-41(57)33-20-29(50)21-49(33)38(54)23(2)44-37(53)31-7-4-5-13-47(31)39(55)32-8-6-14-48(32)40(35)56/h9-12,15-16,19,23-24,29-33,35,50H,4-8,13-14,17-18,20-21H2,1-3H3,(H,44,53)(H,45,51)(H,46,52)/t23-,24-,29-,30-,31-,32-,33-,35-/m0/s1. The van der Waals surface area contributed by atoms with E-state index in [1.54, 1.807) is 12.1 Å². The molecule has 4 fully saturated rings. The first-order chi connectivity index (χ1) is 27.6. The fourth-order valence-corrected chi connectivity index (χ4v) is 8.30. The van der Waals surface area contributed by atoms with Crippen LogP contribution in [-0.2, 0) is 51.1 Å². The highest BCUT2D eigenvalue weighted by Gasteiger charge is 2.47. The average molecular weight is 809 g/mol. The molecule has 15 nitrogen and oxygen atoms in total. The zero-order valence-electron chi connectivity index (χ0n) is 32.7. The van der Waals surface area contributed by atoms with E-state index in [-0.39, 0.29) is 44.5 Å². The molecule has 4 aliphatic heterocycles. The number of piperidine rings is 1. The Bertz CT molecular complexity index is 1910. The fourth-order valence-electron chi connectivity index (χ4n) is 8.30. The van der Waals surface area contributed by atoms with Gasteiger partial charge in [0.25, 0.3) is 0 Å². The highest BCUT2D eigenvalue weighted by molar-refractivity contribution is 5.98. The number of carbonyl (C=O) groups is 7. The van der Waals surface area contributed by atoms with E-state index in [4.69, 9.17) is 4.74 Å². The van der Waals surface area contributed by atoms with Crippen LogP contribution < -0.4 is 16.0 Å². The van der Waals surface area contributed by atoms with Gasteiger partial charge in [0.15, 0.2) is 0 Å². The van der Waals surface area contributed by atoms with E-state index in [1.807, 2.05) is 19.1 Å². The van der Waals surface area contributed by atoms with Crippen molar-refractivity contribution in [2.45, 2.75) is 121 Å². The van der Waals surface area contributed by atoms with Crippen molar-refractivity contribution in [1.82, 2.24) is 30.7 Å². The molecule has 8 atom stereocenters. The summed E-state index contributed by atoms with van der Waals surface area (Å²) in [6, 6.07) is 2.25. The zero-order valence-corrected chi connectivity index (χ0v) is 32.7. The van der Waals surface area contributed by atoms with Crippen molar-refractivity contribution >= 4 is 41.4 Å². The number of cyclic esters (lactones) is 1. The van der Waals surface area contributed by atoms with Crippen molar-refractivity contribution in [3.05, 3.63) is 70.8 Å². The average Bonchev–Trinajstić information content (AvgIpc) is 3.83. The molecule has 4 heterocycles. The molecule has 2 aromatic carbocycles. The molecule has 0 saturated carbocycles. The molecule has 0 radical (unpaired) electrons. The summed E-state index contributed by atoms with van der Waals surface area (Å²) in [5.41, 5.74) is 1.62. The summed E-state index contributed by atoms with van der Waals surface area (Å²) in [4.78, 5) is 102. The van der Waals surface area contributed by atoms with Gasteiger partial charge in [0.1, 0.15) is 54.0 Å². The summed E-state index contributed by atoms with van der Waals surface area (Å²) in [6.45, 7) is 4.78. The summed E-state index contributed by atoms with van der Waals surface area (Å²) in [7, 11) is 0. The SMILES string of the molecule is Cc1ccc(CC(=O)N[C@@H](Cc2cc(F)cc(F)c2)C(=O)N[C@@H]2C(=O)N3CCC[C@H]3C(=O)N3CCCC[C@H]3C(=O)N[C@@H](C)C(=O)N3C[C@@H](O)C[C@H]3C(=O)O[C@H]2C)cc1. The van der Waals surface area contributed by atoms with Crippen LogP contribution in [0.15, 0.2) is 42.5 Å². The maximum Gasteiger partial charge on any atom is 0.329 e. The number of aliphatic hydroxyl groups is 1. The molecule has 4 saturated heterocycles. The Balaban J connectivity index is 1.34. The zero-order chi connectivity index (χ0) is 41.8. The van der Waals surface area contributed by atoms with Gasteiger partial charge in [0.2, 0.25) is 35.4 Å². The van der Waals surface area contributed by atoms with Crippen molar-refractivity contribution in [1.29, 1.82) is 0 Å². The number of esters is 1. The van der Waals surface area contributed by atoms with Crippen LogP contribution in [-0.4, -0.2) is 129 Å². The normalized spacial score (nSPS) is 27.6. The largest absolute Gasteiger partial charge is 0.458 e. The van der Waals surface area contributed by atoms with Crippen LogP contribution in [0.25, 0.3) is 0 Å². The molecule has 6 amide bonds. The lowest BCUT2D eigenvalue weighted by atomic mass is 9.99. The van der Waals surface area contributed by atoms with E-state index in [2.05, 4.69) is 16.0 Å². The third-order valence-corrected chi connectivity index (χ3v) is 11.3. The summed E-state index contributed by atoms with van der Waals surface area (Å²) in [5.74, 6) is -6.86. The van der Waals surface area contributed by atoms with Crippen LogP contribution in [0.1, 0.15) is 69.1 Å². The van der Waals surface area contributed by atoms with Crippen LogP contribution >= 0.6 is 0 Å². The Hall–Kier alpha value is -5.45.